The molecule has 1 aromatic carbocycles. The van der Waals surface area contributed by atoms with Crippen LogP contribution in [0.3, 0.4) is 0 Å². The van der Waals surface area contributed by atoms with Crippen LogP contribution in [-0.2, 0) is 4.74 Å². The zero-order valence-corrected chi connectivity index (χ0v) is 11.9. The molecule has 0 amide bonds. The van der Waals surface area contributed by atoms with E-state index in [-0.39, 0.29) is 12.0 Å². The quantitative estimate of drug-likeness (QED) is 0.560. The number of nitrogens with zero attached hydrogens (tertiary/aromatic N) is 1. The summed E-state index contributed by atoms with van der Waals surface area (Å²) in [6, 6.07) is 5.40. The monoisotopic (exact) mass is 267 g/mol. The molecule has 0 N–H and O–H groups in total. The SMILES string of the molecule is CCCN(CCC)C(C)OC(=O)c1ccc(F)cc1. The molecule has 0 fully saturated rings. The normalized spacial score (nSPS) is 12.5. The van der Waals surface area contributed by atoms with Crippen molar-refractivity contribution in [1.82, 2.24) is 4.90 Å². The Kier molecular flexibility index (Phi) is 6.50. The molecule has 0 saturated carbocycles. The Morgan fingerprint density at radius 1 is 1.21 bits per heavy atom. The molecule has 1 rings (SSSR count). The number of halogens is 1. The van der Waals surface area contributed by atoms with E-state index in [0.29, 0.717) is 5.56 Å². The highest BCUT2D eigenvalue weighted by Gasteiger charge is 2.17. The maximum atomic E-state index is 12.8. The second kappa shape index (κ2) is 7.89. The Bertz CT molecular complexity index is 386. The van der Waals surface area contributed by atoms with Gasteiger partial charge in [-0.05, 0) is 44.0 Å². The molecule has 0 radical (unpaired) electrons. The summed E-state index contributed by atoms with van der Waals surface area (Å²) in [5, 5.41) is 0. The van der Waals surface area contributed by atoms with E-state index >= 15 is 0 Å². The molecule has 1 aromatic rings. The van der Waals surface area contributed by atoms with Gasteiger partial charge in [0, 0.05) is 13.1 Å². The number of esters is 1. The number of carbonyl (C=O) groups is 1. The van der Waals surface area contributed by atoms with Crippen molar-refractivity contribution < 1.29 is 13.9 Å². The zero-order chi connectivity index (χ0) is 14.3. The first kappa shape index (κ1) is 15.6. The van der Waals surface area contributed by atoms with E-state index < -0.39 is 5.97 Å². The van der Waals surface area contributed by atoms with E-state index in [4.69, 9.17) is 4.74 Å². The van der Waals surface area contributed by atoms with Crippen molar-refractivity contribution in [2.75, 3.05) is 13.1 Å². The molecule has 0 aliphatic rings. The van der Waals surface area contributed by atoms with Crippen LogP contribution in [0.2, 0.25) is 0 Å². The summed E-state index contributed by atoms with van der Waals surface area (Å²) in [6.45, 7) is 7.85. The highest BCUT2D eigenvalue weighted by molar-refractivity contribution is 5.89. The summed E-state index contributed by atoms with van der Waals surface area (Å²) in [5.74, 6) is -0.770. The van der Waals surface area contributed by atoms with E-state index in [2.05, 4.69) is 18.7 Å². The van der Waals surface area contributed by atoms with Crippen LogP contribution in [-0.4, -0.2) is 30.2 Å². The predicted molar refractivity (Wildman–Crippen MR) is 73.4 cm³/mol. The molecule has 0 heterocycles. The summed E-state index contributed by atoms with van der Waals surface area (Å²) in [7, 11) is 0. The third-order valence-electron chi connectivity index (χ3n) is 2.89. The maximum Gasteiger partial charge on any atom is 0.339 e. The molecule has 0 aliphatic heterocycles. The zero-order valence-electron chi connectivity index (χ0n) is 11.9. The summed E-state index contributed by atoms with van der Waals surface area (Å²) in [4.78, 5) is 14.0. The van der Waals surface area contributed by atoms with Crippen molar-refractivity contribution in [3.63, 3.8) is 0 Å². The third-order valence-corrected chi connectivity index (χ3v) is 2.89. The van der Waals surface area contributed by atoms with E-state index in [1.54, 1.807) is 0 Å². The molecule has 106 valence electrons. The molecule has 4 heteroatoms. The number of benzene rings is 1. The molecule has 0 aromatic heterocycles. The van der Waals surface area contributed by atoms with E-state index in [1.165, 1.54) is 24.3 Å². The third kappa shape index (κ3) is 4.99. The fourth-order valence-electron chi connectivity index (χ4n) is 1.93. The second-order valence-corrected chi connectivity index (χ2v) is 4.55. The smallest absolute Gasteiger partial charge is 0.339 e. The average Bonchev–Trinajstić information content (AvgIpc) is 2.39. The van der Waals surface area contributed by atoms with Crippen LogP contribution in [0.5, 0.6) is 0 Å². The van der Waals surface area contributed by atoms with Gasteiger partial charge in [-0.1, -0.05) is 13.8 Å². The van der Waals surface area contributed by atoms with Crippen LogP contribution in [0.4, 0.5) is 4.39 Å². The Labute approximate surface area is 114 Å². The van der Waals surface area contributed by atoms with Gasteiger partial charge in [0.15, 0.2) is 6.23 Å². The van der Waals surface area contributed by atoms with Gasteiger partial charge in [-0.25, -0.2) is 9.18 Å². The lowest BCUT2D eigenvalue weighted by Crippen LogP contribution is -2.37. The molecule has 0 spiro atoms. The van der Waals surface area contributed by atoms with Gasteiger partial charge in [0.2, 0.25) is 0 Å². The first-order valence-electron chi connectivity index (χ1n) is 6.79. The first-order valence-corrected chi connectivity index (χ1v) is 6.79. The lowest BCUT2D eigenvalue weighted by molar-refractivity contribution is -0.0235. The van der Waals surface area contributed by atoms with Gasteiger partial charge >= 0.3 is 5.97 Å². The fraction of sp³-hybridized carbons (Fsp3) is 0.533. The summed E-state index contributed by atoms with van der Waals surface area (Å²) in [5.41, 5.74) is 0.376. The van der Waals surface area contributed by atoms with Crippen molar-refractivity contribution in [2.45, 2.75) is 39.8 Å². The van der Waals surface area contributed by atoms with Gasteiger partial charge in [0.1, 0.15) is 5.82 Å². The second-order valence-electron chi connectivity index (χ2n) is 4.55. The van der Waals surface area contributed by atoms with Crippen molar-refractivity contribution in [3.8, 4) is 0 Å². The standard InChI is InChI=1S/C15H22FNO2/c1-4-10-17(11-5-2)12(3)19-15(18)13-6-8-14(16)9-7-13/h6-9,12H,4-5,10-11H2,1-3H3. The van der Waals surface area contributed by atoms with Crippen LogP contribution < -0.4 is 0 Å². The van der Waals surface area contributed by atoms with Crippen molar-refractivity contribution in [2.24, 2.45) is 0 Å². The Balaban J connectivity index is 2.61. The van der Waals surface area contributed by atoms with Gasteiger partial charge in [-0.2, -0.15) is 0 Å². The average molecular weight is 267 g/mol. The highest BCUT2D eigenvalue weighted by atomic mass is 19.1. The van der Waals surface area contributed by atoms with Crippen molar-refractivity contribution in [3.05, 3.63) is 35.6 Å². The van der Waals surface area contributed by atoms with Gasteiger partial charge in [-0.3, -0.25) is 4.90 Å². The predicted octanol–water partition coefficient (Wildman–Crippen LogP) is 3.45. The highest BCUT2D eigenvalue weighted by Crippen LogP contribution is 2.09. The number of carbonyl (C=O) groups excluding carboxylic acids is 1. The lowest BCUT2D eigenvalue weighted by Gasteiger charge is -2.27. The maximum absolute atomic E-state index is 12.8. The molecule has 1 unspecified atom stereocenters. The minimum Gasteiger partial charge on any atom is -0.443 e. The summed E-state index contributed by atoms with van der Waals surface area (Å²) >= 11 is 0. The van der Waals surface area contributed by atoms with Gasteiger partial charge in [0.05, 0.1) is 5.56 Å². The number of rotatable bonds is 7. The number of hydrogen-bond donors (Lipinski definition) is 0. The Hall–Kier alpha value is -1.42. The first-order chi connectivity index (χ1) is 9.08. The van der Waals surface area contributed by atoms with E-state index in [1.807, 2.05) is 6.92 Å². The van der Waals surface area contributed by atoms with Gasteiger partial charge in [-0.15, -0.1) is 0 Å². The van der Waals surface area contributed by atoms with Crippen LogP contribution >= 0.6 is 0 Å². The minimum atomic E-state index is -0.412. The molecule has 0 saturated heterocycles. The lowest BCUT2D eigenvalue weighted by atomic mass is 10.2. The molecule has 19 heavy (non-hydrogen) atoms. The molecule has 0 bridgehead atoms. The molecular weight excluding hydrogens is 245 g/mol. The molecular formula is C15H22FNO2. The largest absolute Gasteiger partial charge is 0.443 e. The van der Waals surface area contributed by atoms with Gasteiger partial charge < -0.3 is 4.74 Å². The van der Waals surface area contributed by atoms with Crippen LogP contribution in [0, 0.1) is 5.82 Å². The van der Waals surface area contributed by atoms with Crippen LogP contribution in [0.1, 0.15) is 44.0 Å². The number of ether oxygens (including phenoxy) is 1. The van der Waals surface area contributed by atoms with Crippen molar-refractivity contribution >= 4 is 5.97 Å². The minimum absolute atomic E-state index is 0.266. The van der Waals surface area contributed by atoms with E-state index in [9.17, 15) is 9.18 Å². The summed E-state index contributed by atoms with van der Waals surface area (Å²) < 4.78 is 18.2. The Morgan fingerprint density at radius 3 is 2.21 bits per heavy atom. The van der Waals surface area contributed by atoms with Crippen LogP contribution in [0.25, 0.3) is 0 Å². The van der Waals surface area contributed by atoms with Gasteiger partial charge in [0.25, 0.3) is 0 Å². The molecule has 1 atom stereocenters. The molecule has 3 nitrogen and oxygen atoms in total. The molecule has 0 aliphatic carbocycles. The van der Waals surface area contributed by atoms with Crippen LogP contribution in [0.15, 0.2) is 24.3 Å². The Morgan fingerprint density at radius 2 is 1.74 bits per heavy atom. The fourth-order valence-corrected chi connectivity index (χ4v) is 1.93. The number of hydrogen-bond acceptors (Lipinski definition) is 3. The van der Waals surface area contributed by atoms with Crippen molar-refractivity contribution in [1.29, 1.82) is 0 Å². The van der Waals surface area contributed by atoms with E-state index in [0.717, 1.165) is 25.9 Å². The summed E-state index contributed by atoms with van der Waals surface area (Å²) in [6.07, 6.45) is 1.76. The topological polar surface area (TPSA) is 29.5 Å².